The van der Waals surface area contributed by atoms with Crippen LogP contribution in [0.15, 0.2) is 0 Å². The summed E-state index contributed by atoms with van der Waals surface area (Å²) in [6.45, 7) is 9.63. The van der Waals surface area contributed by atoms with Crippen LogP contribution >= 0.6 is 0 Å². The molecule has 1 saturated heterocycles. The van der Waals surface area contributed by atoms with Crippen LogP contribution in [0.2, 0.25) is 0 Å². The van der Waals surface area contributed by atoms with Crippen LogP contribution in [0.5, 0.6) is 0 Å². The van der Waals surface area contributed by atoms with E-state index in [2.05, 4.69) is 47.8 Å². The van der Waals surface area contributed by atoms with Gasteiger partial charge in [-0.1, -0.05) is 0 Å². The predicted molar refractivity (Wildman–Crippen MR) is 95.0 cm³/mol. The summed E-state index contributed by atoms with van der Waals surface area (Å²) in [6.07, 6.45) is 2.56. The Balaban J connectivity index is 0. The molecule has 0 spiro atoms. The van der Waals surface area contributed by atoms with Gasteiger partial charge >= 0.3 is 5.51 Å². The van der Waals surface area contributed by atoms with Crippen LogP contribution in [0.1, 0.15) is 12.8 Å². The maximum absolute atomic E-state index is 10.7. The third-order valence-electron chi connectivity index (χ3n) is 4.17. The third-order valence-corrected chi connectivity index (χ3v) is 4.74. The molecule has 0 amide bonds. The molecular formula is C15H32F3N4NiO3S-. The van der Waals surface area contributed by atoms with Crippen LogP contribution in [0.25, 0.3) is 0 Å². The minimum Gasteiger partial charge on any atom is -0.741 e. The van der Waals surface area contributed by atoms with Crippen LogP contribution in [0, 0.1) is 0 Å². The van der Waals surface area contributed by atoms with E-state index in [0.29, 0.717) is 0 Å². The number of hydrogen-bond acceptors (Lipinski definition) is 7. The van der Waals surface area contributed by atoms with E-state index in [1.54, 1.807) is 0 Å². The Morgan fingerprint density at radius 1 is 0.667 bits per heavy atom. The molecule has 1 aliphatic rings. The van der Waals surface area contributed by atoms with E-state index in [1.165, 1.54) is 65.2 Å². The number of nitrogens with zero attached hydrogens (tertiary/aromatic N) is 4. The zero-order valence-corrected chi connectivity index (χ0v) is 18.2. The molecule has 0 bridgehead atoms. The molecule has 1 aliphatic heterocycles. The topological polar surface area (TPSA) is 70.2 Å². The van der Waals surface area contributed by atoms with Gasteiger partial charge in [0.25, 0.3) is 0 Å². The predicted octanol–water partition coefficient (Wildman–Crippen LogP) is 0.556. The van der Waals surface area contributed by atoms with E-state index in [-0.39, 0.29) is 16.5 Å². The summed E-state index contributed by atoms with van der Waals surface area (Å²) in [5.74, 6) is 0. The molecule has 0 N–H and O–H groups in total. The quantitative estimate of drug-likeness (QED) is 0.295. The molecule has 0 unspecified atom stereocenters. The number of hydrogen-bond donors (Lipinski definition) is 0. The van der Waals surface area contributed by atoms with Gasteiger partial charge < -0.3 is 24.2 Å². The van der Waals surface area contributed by atoms with Crippen molar-refractivity contribution in [2.24, 2.45) is 0 Å². The summed E-state index contributed by atoms with van der Waals surface area (Å²) in [7, 11) is 2.88. The van der Waals surface area contributed by atoms with Crippen LogP contribution in [0.3, 0.4) is 0 Å². The summed E-state index contributed by atoms with van der Waals surface area (Å²) in [5, 5.41) is 0. The monoisotopic (exact) mass is 463 g/mol. The van der Waals surface area contributed by atoms with E-state index in [4.69, 9.17) is 13.0 Å². The molecule has 0 radical (unpaired) electrons. The van der Waals surface area contributed by atoms with E-state index in [9.17, 15) is 13.2 Å². The van der Waals surface area contributed by atoms with Gasteiger partial charge in [-0.25, -0.2) is 8.42 Å². The van der Waals surface area contributed by atoms with Gasteiger partial charge in [-0.15, -0.1) is 0 Å². The molecular weight excluding hydrogens is 432 g/mol. The maximum atomic E-state index is 10.7. The summed E-state index contributed by atoms with van der Waals surface area (Å²) in [4.78, 5) is 9.84. The van der Waals surface area contributed by atoms with E-state index in [0.717, 1.165) is 0 Å². The first-order chi connectivity index (χ1) is 11.8. The van der Waals surface area contributed by atoms with E-state index < -0.39 is 15.6 Å². The molecule has 12 heteroatoms. The molecule has 7 nitrogen and oxygen atoms in total. The molecule has 0 aromatic heterocycles. The fraction of sp³-hybridized carbons (Fsp3) is 1.00. The van der Waals surface area contributed by atoms with Crippen molar-refractivity contribution in [2.45, 2.75) is 18.3 Å². The van der Waals surface area contributed by atoms with Crippen LogP contribution < -0.4 is 0 Å². The normalized spacial score (nSPS) is 21.5. The molecule has 0 aliphatic carbocycles. The van der Waals surface area contributed by atoms with Crippen molar-refractivity contribution in [2.75, 3.05) is 80.5 Å². The van der Waals surface area contributed by atoms with Gasteiger partial charge in [-0.05, 0) is 67.2 Å². The molecule has 0 aromatic rings. The second-order valence-corrected chi connectivity index (χ2v) is 8.19. The fourth-order valence-electron chi connectivity index (χ4n) is 2.35. The van der Waals surface area contributed by atoms with Crippen molar-refractivity contribution in [1.29, 1.82) is 0 Å². The maximum Gasteiger partial charge on any atom is 0.485 e. The van der Waals surface area contributed by atoms with Crippen molar-refractivity contribution in [3.63, 3.8) is 0 Å². The summed E-state index contributed by atoms with van der Waals surface area (Å²) in [5.41, 5.74) is -5.65. The van der Waals surface area contributed by atoms with Crippen LogP contribution in [-0.4, -0.2) is 119 Å². The van der Waals surface area contributed by atoms with Gasteiger partial charge in [0, 0.05) is 42.7 Å². The van der Waals surface area contributed by atoms with Crippen molar-refractivity contribution in [3.8, 4) is 0 Å². The third kappa shape index (κ3) is 15.6. The Labute approximate surface area is 171 Å². The largest absolute Gasteiger partial charge is 0.741 e. The second-order valence-electron chi connectivity index (χ2n) is 6.82. The minimum atomic E-state index is -6.09. The SMILES string of the molecule is CN1CCCN(C)CCN(C)CCCN(C)CC1.O=S(=O)([O-])C(F)(F)F.[Ni]. The van der Waals surface area contributed by atoms with Gasteiger partial charge in [0.1, 0.15) is 0 Å². The van der Waals surface area contributed by atoms with Crippen molar-refractivity contribution in [3.05, 3.63) is 0 Å². The van der Waals surface area contributed by atoms with Gasteiger partial charge in [-0.2, -0.15) is 13.2 Å². The van der Waals surface area contributed by atoms with Gasteiger partial charge in [0.15, 0.2) is 10.1 Å². The standard InChI is InChI=1S/C14H32N4.CHF3O3S.Ni/c1-15-7-5-8-17(3)13-14-18(4)10-6-9-16(2)12-11-15;2-1(3,4)8(5,6)7;/h5-14H2,1-4H3;(H,5,6,7);/p-1. The fourth-order valence-corrected chi connectivity index (χ4v) is 2.35. The van der Waals surface area contributed by atoms with E-state index in [1.807, 2.05) is 0 Å². The molecule has 0 saturated carbocycles. The smallest absolute Gasteiger partial charge is 0.485 e. The first-order valence-corrected chi connectivity index (χ1v) is 10.00. The van der Waals surface area contributed by atoms with Crippen LogP contribution in [0.4, 0.5) is 13.2 Å². The number of likely N-dealkylation sites (N-methyl/N-ethyl adjacent to an activating group) is 4. The molecule has 1 heterocycles. The average Bonchev–Trinajstić information content (AvgIpc) is 2.49. The molecule has 1 fully saturated rings. The minimum absolute atomic E-state index is 0. The Kier molecular flexibility index (Phi) is 15.3. The number of halogens is 3. The van der Waals surface area contributed by atoms with Crippen molar-refractivity contribution >= 4 is 10.1 Å². The molecule has 0 aromatic carbocycles. The number of rotatable bonds is 0. The zero-order valence-electron chi connectivity index (χ0n) is 16.4. The number of alkyl halides is 3. The second kappa shape index (κ2) is 14.1. The Morgan fingerprint density at radius 2 is 0.852 bits per heavy atom. The van der Waals surface area contributed by atoms with Gasteiger partial charge in [0.05, 0.1) is 0 Å². The Morgan fingerprint density at radius 3 is 1.00 bits per heavy atom. The van der Waals surface area contributed by atoms with E-state index >= 15 is 0 Å². The Bertz CT molecular complexity index is 441. The Hall–Kier alpha value is 0.0335. The first-order valence-electron chi connectivity index (χ1n) is 8.59. The first kappa shape index (κ1) is 29.2. The molecule has 1 rings (SSSR count). The van der Waals surface area contributed by atoms with Crippen molar-refractivity contribution < 1.29 is 42.6 Å². The summed E-state index contributed by atoms with van der Waals surface area (Å²) < 4.78 is 58.9. The average molecular weight is 464 g/mol. The summed E-state index contributed by atoms with van der Waals surface area (Å²) >= 11 is 0. The molecule has 0 atom stereocenters. The molecule has 27 heavy (non-hydrogen) atoms. The van der Waals surface area contributed by atoms with Crippen molar-refractivity contribution in [1.82, 2.24) is 19.6 Å². The zero-order chi connectivity index (χ0) is 20.4. The van der Waals surface area contributed by atoms with Crippen LogP contribution in [-0.2, 0) is 26.6 Å². The van der Waals surface area contributed by atoms with Gasteiger partial charge in [-0.3, -0.25) is 0 Å². The van der Waals surface area contributed by atoms with Gasteiger partial charge in [0.2, 0.25) is 0 Å². The molecule has 168 valence electrons. The summed E-state index contributed by atoms with van der Waals surface area (Å²) in [6, 6.07) is 0.